The largest absolute Gasteiger partial charge is 0.397 e. The predicted molar refractivity (Wildman–Crippen MR) is 72.3 cm³/mol. The lowest BCUT2D eigenvalue weighted by Gasteiger charge is -2.21. The molecule has 3 N–H and O–H groups in total. The van der Waals surface area contributed by atoms with Crippen LogP contribution in [0.4, 0.5) is 16.2 Å². The second kappa shape index (κ2) is 5.57. The second-order valence-corrected chi connectivity index (χ2v) is 4.07. The Balaban J connectivity index is 2.95. The van der Waals surface area contributed by atoms with Gasteiger partial charge in [-0.05, 0) is 44.9 Å². The number of nitrogens with two attached hydrogens (primary N) is 1. The first-order valence-electron chi connectivity index (χ1n) is 5.92. The van der Waals surface area contributed by atoms with Crippen LogP contribution in [0, 0.1) is 13.8 Å². The highest BCUT2D eigenvalue weighted by atomic mass is 16.2. The quantitative estimate of drug-likeness (QED) is 0.791. The van der Waals surface area contributed by atoms with E-state index in [2.05, 4.69) is 5.32 Å². The van der Waals surface area contributed by atoms with Gasteiger partial charge in [0.25, 0.3) is 0 Å². The van der Waals surface area contributed by atoms with Crippen molar-refractivity contribution in [1.82, 2.24) is 4.90 Å². The molecule has 0 radical (unpaired) electrons. The molecule has 0 saturated carbocycles. The van der Waals surface area contributed by atoms with Gasteiger partial charge in [-0.2, -0.15) is 0 Å². The van der Waals surface area contributed by atoms with Gasteiger partial charge in [0.15, 0.2) is 0 Å². The van der Waals surface area contributed by atoms with Crippen LogP contribution in [0.3, 0.4) is 0 Å². The summed E-state index contributed by atoms with van der Waals surface area (Å²) in [5.41, 5.74) is 9.36. The van der Waals surface area contributed by atoms with Crippen LogP contribution in [0.5, 0.6) is 0 Å². The van der Waals surface area contributed by atoms with E-state index in [1.54, 1.807) is 4.90 Å². The average molecular weight is 235 g/mol. The van der Waals surface area contributed by atoms with Crippen molar-refractivity contribution in [2.45, 2.75) is 27.7 Å². The summed E-state index contributed by atoms with van der Waals surface area (Å²) in [5.74, 6) is 0. The van der Waals surface area contributed by atoms with Crippen LogP contribution in [-0.4, -0.2) is 24.0 Å². The molecule has 94 valence electrons. The maximum Gasteiger partial charge on any atom is 0.321 e. The average Bonchev–Trinajstić information content (AvgIpc) is 2.31. The zero-order valence-corrected chi connectivity index (χ0v) is 11.0. The lowest BCUT2D eigenvalue weighted by atomic mass is 10.1. The lowest BCUT2D eigenvalue weighted by molar-refractivity contribution is 0.217. The zero-order chi connectivity index (χ0) is 13.0. The number of carbonyl (C=O) groups is 1. The Kier molecular flexibility index (Phi) is 4.37. The molecular weight excluding hydrogens is 214 g/mol. The molecule has 0 heterocycles. The molecule has 0 saturated heterocycles. The van der Waals surface area contributed by atoms with Crippen LogP contribution in [-0.2, 0) is 0 Å². The molecule has 4 nitrogen and oxygen atoms in total. The van der Waals surface area contributed by atoms with Crippen molar-refractivity contribution >= 4 is 17.4 Å². The third kappa shape index (κ3) is 2.90. The van der Waals surface area contributed by atoms with E-state index in [4.69, 9.17) is 5.73 Å². The monoisotopic (exact) mass is 235 g/mol. The van der Waals surface area contributed by atoms with Crippen LogP contribution >= 0.6 is 0 Å². The van der Waals surface area contributed by atoms with Gasteiger partial charge in [0, 0.05) is 13.1 Å². The summed E-state index contributed by atoms with van der Waals surface area (Å²) in [6.07, 6.45) is 0. The molecule has 0 unspecified atom stereocenters. The van der Waals surface area contributed by atoms with Gasteiger partial charge >= 0.3 is 6.03 Å². The zero-order valence-electron chi connectivity index (χ0n) is 11.0. The van der Waals surface area contributed by atoms with E-state index in [-0.39, 0.29) is 6.03 Å². The van der Waals surface area contributed by atoms with Crippen LogP contribution in [0.1, 0.15) is 25.0 Å². The fourth-order valence-electron chi connectivity index (χ4n) is 1.70. The van der Waals surface area contributed by atoms with E-state index >= 15 is 0 Å². The number of amides is 2. The summed E-state index contributed by atoms with van der Waals surface area (Å²) in [4.78, 5) is 13.7. The summed E-state index contributed by atoms with van der Waals surface area (Å²) in [6, 6.07) is 3.67. The van der Waals surface area contributed by atoms with Gasteiger partial charge in [-0.25, -0.2) is 4.79 Å². The summed E-state index contributed by atoms with van der Waals surface area (Å²) in [5, 5.41) is 2.88. The van der Waals surface area contributed by atoms with Crippen LogP contribution in [0.15, 0.2) is 12.1 Å². The number of nitrogen functional groups attached to an aromatic ring is 1. The fourth-order valence-corrected chi connectivity index (χ4v) is 1.70. The van der Waals surface area contributed by atoms with Crippen LogP contribution < -0.4 is 11.1 Å². The molecule has 1 aromatic carbocycles. The molecule has 2 amide bonds. The van der Waals surface area contributed by atoms with Gasteiger partial charge in [0.1, 0.15) is 0 Å². The number of hydrogen-bond donors (Lipinski definition) is 2. The Bertz CT molecular complexity index is 411. The van der Waals surface area contributed by atoms with Crippen molar-refractivity contribution in [3.63, 3.8) is 0 Å². The van der Waals surface area contributed by atoms with Gasteiger partial charge < -0.3 is 16.0 Å². The maximum atomic E-state index is 11.9. The number of anilines is 2. The number of hydrogen-bond acceptors (Lipinski definition) is 2. The van der Waals surface area contributed by atoms with Crippen LogP contribution in [0.25, 0.3) is 0 Å². The van der Waals surface area contributed by atoms with E-state index in [0.29, 0.717) is 18.8 Å². The van der Waals surface area contributed by atoms with Crippen molar-refractivity contribution < 1.29 is 4.79 Å². The van der Waals surface area contributed by atoms with Crippen molar-refractivity contribution in [2.75, 3.05) is 24.1 Å². The molecule has 1 rings (SSSR count). The Morgan fingerprint density at radius 2 is 1.88 bits per heavy atom. The van der Waals surface area contributed by atoms with E-state index < -0.39 is 0 Å². The molecule has 0 aromatic heterocycles. The minimum atomic E-state index is -0.101. The van der Waals surface area contributed by atoms with E-state index in [9.17, 15) is 4.79 Å². The van der Waals surface area contributed by atoms with Gasteiger partial charge in [0.2, 0.25) is 0 Å². The topological polar surface area (TPSA) is 58.4 Å². The van der Waals surface area contributed by atoms with E-state index in [1.165, 1.54) is 0 Å². The molecule has 0 atom stereocenters. The number of carbonyl (C=O) groups excluding carboxylic acids is 1. The second-order valence-electron chi connectivity index (χ2n) is 4.07. The standard InChI is InChI=1S/C13H21N3O/c1-5-16(6-2)13(17)15-12-10(4)9(3)7-8-11(12)14/h7-8H,5-6,14H2,1-4H3,(H,15,17). The Labute approximate surface area is 103 Å². The summed E-state index contributed by atoms with van der Waals surface area (Å²) < 4.78 is 0. The molecule has 1 aromatic rings. The number of benzene rings is 1. The highest BCUT2D eigenvalue weighted by Crippen LogP contribution is 2.26. The highest BCUT2D eigenvalue weighted by Gasteiger charge is 2.13. The number of nitrogens with one attached hydrogen (secondary N) is 1. The first kappa shape index (κ1) is 13.4. The predicted octanol–water partition coefficient (Wildman–Crippen LogP) is 2.76. The molecule has 17 heavy (non-hydrogen) atoms. The van der Waals surface area contributed by atoms with Gasteiger partial charge in [-0.3, -0.25) is 0 Å². The normalized spacial score (nSPS) is 10.1. The van der Waals surface area contributed by atoms with Gasteiger partial charge in [-0.1, -0.05) is 6.07 Å². The Morgan fingerprint density at radius 1 is 1.29 bits per heavy atom. The van der Waals surface area contributed by atoms with Crippen molar-refractivity contribution in [3.8, 4) is 0 Å². The van der Waals surface area contributed by atoms with E-state index in [0.717, 1.165) is 16.8 Å². The molecule has 4 heteroatoms. The molecule has 0 fully saturated rings. The van der Waals surface area contributed by atoms with Crippen molar-refractivity contribution in [2.24, 2.45) is 0 Å². The molecule has 0 aliphatic rings. The SMILES string of the molecule is CCN(CC)C(=O)Nc1c(N)ccc(C)c1C. The van der Waals surface area contributed by atoms with Crippen molar-refractivity contribution in [1.29, 1.82) is 0 Å². The van der Waals surface area contributed by atoms with Gasteiger partial charge in [-0.15, -0.1) is 0 Å². The molecule has 0 spiro atoms. The highest BCUT2D eigenvalue weighted by molar-refractivity contribution is 5.94. The van der Waals surface area contributed by atoms with Crippen molar-refractivity contribution in [3.05, 3.63) is 23.3 Å². The Morgan fingerprint density at radius 3 is 2.41 bits per heavy atom. The third-order valence-electron chi connectivity index (χ3n) is 3.05. The Hall–Kier alpha value is -1.71. The lowest BCUT2D eigenvalue weighted by Crippen LogP contribution is -2.34. The summed E-state index contributed by atoms with van der Waals surface area (Å²) in [6.45, 7) is 9.25. The molecule has 0 aliphatic carbocycles. The summed E-state index contributed by atoms with van der Waals surface area (Å²) in [7, 11) is 0. The smallest absolute Gasteiger partial charge is 0.321 e. The first-order chi connectivity index (χ1) is 8.01. The maximum absolute atomic E-state index is 11.9. The number of rotatable bonds is 3. The van der Waals surface area contributed by atoms with E-state index in [1.807, 2.05) is 39.8 Å². The van der Waals surface area contributed by atoms with Gasteiger partial charge in [0.05, 0.1) is 11.4 Å². The number of aryl methyl sites for hydroxylation is 1. The van der Waals surface area contributed by atoms with Crippen LogP contribution in [0.2, 0.25) is 0 Å². The molecular formula is C13H21N3O. The minimum absolute atomic E-state index is 0.101. The fraction of sp³-hybridized carbons (Fsp3) is 0.462. The number of nitrogens with zero attached hydrogens (tertiary/aromatic N) is 1. The molecule has 0 aliphatic heterocycles. The number of urea groups is 1. The third-order valence-corrected chi connectivity index (χ3v) is 3.05. The minimum Gasteiger partial charge on any atom is -0.397 e. The molecule has 0 bridgehead atoms. The first-order valence-corrected chi connectivity index (χ1v) is 5.92. The summed E-state index contributed by atoms with van der Waals surface area (Å²) >= 11 is 0.